The van der Waals surface area contributed by atoms with Gasteiger partial charge in [0.15, 0.2) is 0 Å². The highest BCUT2D eigenvalue weighted by Crippen LogP contribution is 2.22. The van der Waals surface area contributed by atoms with Crippen LogP contribution in [0, 0.1) is 10.8 Å². The van der Waals surface area contributed by atoms with Crippen molar-refractivity contribution in [3.8, 4) is 0 Å². The second-order valence-electron chi connectivity index (χ2n) is 11.5. The average Bonchev–Trinajstić information content (AvgIpc) is 2.77. The number of hydrogen-bond donors (Lipinski definition) is 4. The van der Waals surface area contributed by atoms with Gasteiger partial charge >= 0.3 is 0 Å². The number of nitrogens with one attached hydrogen (secondary N) is 4. The van der Waals surface area contributed by atoms with Gasteiger partial charge in [-0.25, -0.2) is 0 Å². The van der Waals surface area contributed by atoms with Crippen molar-refractivity contribution in [1.82, 2.24) is 21.3 Å². The molecule has 9 nitrogen and oxygen atoms in total. The maximum Gasteiger partial charge on any atom is 0.289 e. The van der Waals surface area contributed by atoms with Gasteiger partial charge in [0.25, 0.3) is 5.91 Å². The van der Waals surface area contributed by atoms with Crippen molar-refractivity contribution in [2.75, 3.05) is 13.1 Å². The number of hydrogen-bond acceptors (Lipinski definition) is 5. The molecule has 1 aromatic carbocycles. The van der Waals surface area contributed by atoms with Crippen LogP contribution in [-0.4, -0.2) is 54.6 Å². The lowest BCUT2D eigenvalue weighted by atomic mass is 9.85. The first-order chi connectivity index (χ1) is 16.5. The number of carbonyl (C=O) groups excluding carboxylic acids is 5. The molecule has 4 amide bonds. The number of ketones is 1. The molecule has 1 rings (SSSR count). The predicted octanol–water partition coefficient (Wildman–Crippen LogP) is 2.06. The second-order valence-corrected chi connectivity index (χ2v) is 11.5. The summed E-state index contributed by atoms with van der Waals surface area (Å²) in [6.45, 7) is 14.4. The SMILES string of the molecule is CC(NC(=O)CNC(=O)C(NC(=O)CC(C)(C)C)C(C)(C)C)C(=O)C(=O)NC[C@@H](C)c1ccccc1. The lowest BCUT2D eigenvalue weighted by molar-refractivity contribution is -0.139. The average molecular weight is 503 g/mol. The molecule has 36 heavy (non-hydrogen) atoms. The van der Waals surface area contributed by atoms with Crippen molar-refractivity contribution in [1.29, 1.82) is 0 Å². The largest absolute Gasteiger partial charge is 0.349 e. The van der Waals surface area contributed by atoms with E-state index in [2.05, 4.69) is 21.3 Å². The topological polar surface area (TPSA) is 133 Å². The zero-order chi connectivity index (χ0) is 27.7. The van der Waals surface area contributed by atoms with Gasteiger partial charge in [-0.3, -0.25) is 24.0 Å². The van der Waals surface area contributed by atoms with Crippen molar-refractivity contribution in [3.05, 3.63) is 35.9 Å². The molecule has 0 fully saturated rings. The van der Waals surface area contributed by atoms with E-state index in [1.54, 1.807) is 0 Å². The summed E-state index contributed by atoms with van der Waals surface area (Å²) in [5.74, 6) is -2.94. The van der Waals surface area contributed by atoms with Crippen LogP contribution in [-0.2, 0) is 24.0 Å². The Labute approximate surface area is 214 Å². The summed E-state index contributed by atoms with van der Waals surface area (Å²) in [5, 5.41) is 10.3. The Balaban J connectivity index is 2.57. The number of Topliss-reactive ketones (excluding diaryl/α,β-unsaturated/α-hetero) is 1. The Hall–Kier alpha value is -3.23. The van der Waals surface area contributed by atoms with E-state index < -0.39 is 47.5 Å². The maximum absolute atomic E-state index is 12.8. The van der Waals surface area contributed by atoms with E-state index in [0.717, 1.165) is 5.56 Å². The molecule has 1 aromatic rings. The Morgan fingerprint density at radius 2 is 1.39 bits per heavy atom. The third kappa shape index (κ3) is 11.0. The minimum atomic E-state index is -1.06. The third-order valence-electron chi connectivity index (χ3n) is 5.48. The van der Waals surface area contributed by atoms with Crippen LogP contribution in [0.1, 0.15) is 73.3 Å². The molecule has 3 atom stereocenters. The lowest BCUT2D eigenvalue weighted by Crippen LogP contribution is -2.55. The minimum absolute atomic E-state index is 0.0164. The van der Waals surface area contributed by atoms with Crippen LogP contribution in [0.15, 0.2) is 30.3 Å². The Kier molecular flexibility index (Phi) is 11.3. The molecule has 0 radical (unpaired) electrons. The molecule has 0 bridgehead atoms. The van der Waals surface area contributed by atoms with E-state index in [9.17, 15) is 24.0 Å². The van der Waals surface area contributed by atoms with Crippen molar-refractivity contribution in [2.45, 2.75) is 79.8 Å². The van der Waals surface area contributed by atoms with Gasteiger partial charge in [-0.05, 0) is 29.2 Å². The van der Waals surface area contributed by atoms with Crippen LogP contribution in [0.5, 0.6) is 0 Å². The van der Waals surface area contributed by atoms with Crippen LogP contribution in [0.4, 0.5) is 0 Å². The van der Waals surface area contributed by atoms with E-state index in [1.165, 1.54) is 6.92 Å². The number of carbonyl (C=O) groups is 5. The van der Waals surface area contributed by atoms with Crippen LogP contribution < -0.4 is 21.3 Å². The number of amides is 4. The van der Waals surface area contributed by atoms with Crippen LogP contribution >= 0.6 is 0 Å². The molecule has 200 valence electrons. The maximum atomic E-state index is 12.8. The molecule has 0 aliphatic rings. The molecular weight excluding hydrogens is 460 g/mol. The van der Waals surface area contributed by atoms with Gasteiger partial charge < -0.3 is 21.3 Å². The first kappa shape index (κ1) is 30.8. The molecule has 4 N–H and O–H groups in total. The van der Waals surface area contributed by atoms with Gasteiger partial charge in [-0.2, -0.15) is 0 Å². The molecule has 0 aliphatic heterocycles. The monoisotopic (exact) mass is 502 g/mol. The predicted molar refractivity (Wildman–Crippen MR) is 139 cm³/mol. The van der Waals surface area contributed by atoms with Crippen molar-refractivity contribution in [3.63, 3.8) is 0 Å². The van der Waals surface area contributed by atoms with Gasteiger partial charge in [0.2, 0.25) is 23.5 Å². The number of benzene rings is 1. The minimum Gasteiger partial charge on any atom is -0.349 e. The highest BCUT2D eigenvalue weighted by molar-refractivity contribution is 6.38. The normalized spacial score (nSPS) is 14.1. The molecule has 0 spiro atoms. The smallest absolute Gasteiger partial charge is 0.289 e. The van der Waals surface area contributed by atoms with Gasteiger partial charge in [0.05, 0.1) is 12.6 Å². The Morgan fingerprint density at radius 3 is 1.92 bits per heavy atom. The summed E-state index contributed by atoms with van der Waals surface area (Å²) in [5.41, 5.74) is 0.203. The molecule has 9 heteroatoms. The standard InChI is InChI=1S/C27H42N4O5/c1-17(19-12-10-9-11-13-19)15-28-24(35)22(34)18(2)30-21(33)16-29-25(36)23(27(6,7)8)31-20(32)14-26(3,4)5/h9-13,17-18,23H,14-16H2,1-8H3,(H,28,35)(H,29,36)(H,30,33)(H,31,32)/t17-,18?,23?/m1/s1. The lowest BCUT2D eigenvalue weighted by Gasteiger charge is -2.31. The zero-order valence-electron chi connectivity index (χ0n) is 22.8. The fourth-order valence-corrected chi connectivity index (χ4v) is 3.43. The second kappa shape index (κ2) is 13.2. The van der Waals surface area contributed by atoms with E-state index in [4.69, 9.17) is 0 Å². The van der Waals surface area contributed by atoms with E-state index in [0.29, 0.717) is 0 Å². The van der Waals surface area contributed by atoms with Gasteiger partial charge in [-0.1, -0.05) is 78.8 Å². The first-order valence-corrected chi connectivity index (χ1v) is 12.2. The first-order valence-electron chi connectivity index (χ1n) is 12.2. The van der Waals surface area contributed by atoms with Crippen molar-refractivity contribution in [2.24, 2.45) is 10.8 Å². The molecule has 0 heterocycles. The summed E-state index contributed by atoms with van der Waals surface area (Å²) in [6, 6.07) is 7.67. The molecule has 0 saturated carbocycles. The fraction of sp³-hybridized carbons (Fsp3) is 0.593. The van der Waals surface area contributed by atoms with Crippen molar-refractivity contribution < 1.29 is 24.0 Å². The van der Waals surface area contributed by atoms with Crippen LogP contribution in [0.3, 0.4) is 0 Å². The summed E-state index contributed by atoms with van der Waals surface area (Å²) in [6.07, 6.45) is 0.249. The van der Waals surface area contributed by atoms with Gasteiger partial charge in [-0.15, -0.1) is 0 Å². The third-order valence-corrected chi connectivity index (χ3v) is 5.48. The highest BCUT2D eigenvalue weighted by atomic mass is 16.2. The molecule has 2 unspecified atom stereocenters. The van der Waals surface area contributed by atoms with E-state index >= 15 is 0 Å². The Morgan fingerprint density at radius 1 is 0.806 bits per heavy atom. The zero-order valence-corrected chi connectivity index (χ0v) is 22.8. The van der Waals surface area contributed by atoms with E-state index in [-0.39, 0.29) is 30.2 Å². The Bertz CT molecular complexity index is 932. The molecule has 0 aromatic heterocycles. The molecule has 0 saturated heterocycles. The van der Waals surface area contributed by atoms with E-state index in [1.807, 2.05) is 78.8 Å². The van der Waals surface area contributed by atoms with Crippen molar-refractivity contribution >= 4 is 29.4 Å². The van der Waals surface area contributed by atoms with Crippen LogP contribution in [0.25, 0.3) is 0 Å². The summed E-state index contributed by atoms with van der Waals surface area (Å²) in [4.78, 5) is 62.1. The summed E-state index contributed by atoms with van der Waals surface area (Å²) in [7, 11) is 0. The summed E-state index contributed by atoms with van der Waals surface area (Å²) >= 11 is 0. The van der Waals surface area contributed by atoms with Gasteiger partial charge in [0.1, 0.15) is 6.04 Å². The number of rotatable bonds is 11. The highest BCUT2D eigenvalue weighted by Gasteiger charge is 2.34. The molecular formula is C27H42N4O5. The summed E-state index contributed by atoms with van der Waals surface area (Å²) < 4.78 is 0. The van der Waals surface area contributed by atoms with Crippen LogP contribution in [0.2, 0.25) is 0 Å². The quantitative estimate of drug-likeness (QED) is 0.344. The fourth-order valence-electron chi connectivity index (χ4n) is 3.43. The van der Waals surface area contributed by atoms with Gasteiger partial charge in [0, 0.05) is 13.0 Å². The molecule has 0 aliphatic carbocycles.